The molecule has 0 radical (unpaired) electrons. The number of hydrogen-bond acceptors (Lipinski definition) is 4. The summed E-state index contributed by atoms with van der Waals surface area (Å²) in [6, 6.07) is 12.1. The summed E-state index contributed by atoms with van der Waals surface area (Å²) in [5, 5.41) is 8.67. The molecule has 1 fully saturated rings. The molecule has 0 saturated carbocycles. The van der Waals surface area contributed by atoms with Crippen molar-refractivity contribution in [3.63, 3.8) is 0 Å². The summed E-state index contributed by atoms with van der Waals surface area (Å²) in [7, 11) is 0. The third kappa shape index (κ3) is 3.67. The fraction of sp³-hybridized carbons (Fsp3) is 0.381. The summed E-state index contributed by atoms with van der Waals surface area (Å²) >= 11 is 1.47. The quantitative estimate of drug-likeness (QED) is 0.696. The van der Waals surface area contributed by atoms with E-state index in [2.05, 4.69) is 22.5 Å². The van der Waals surface area contributed by atoms with Crippen LogP contribution in [0, 0.1) is 12.8 Å². The molecular weight excluding hydrogens is 372 g/mol. The number of fused-ring (bicyclic) bond motifs is 1. The van der Waals surface area contributed by atoms with Crippen LogP contribution in [0.1, 0.15) is 34.3 Å². The highest BCUT2D eigenvalue weighted by Gasteiger charge is 2.28. The number of likely N-dealkylation sites (tertiary alicyclic amines) is 1. The zero-order chi connectivity index (χ0) is 19.7. The van der Waals surface area contributed by atoms with E-state index in [1.807, 2.05) is 47.7 Å². The van der Waals surface area contributed by atoms with Gasteiger partial charge in [-0.15, -0.1) is 11.3 Å². The van der Waals surface area contributed by atoms with Gasteiger partial charge in [0, 0.05) is 37.4 Å². The Labute approximate surface area is 168 Å². The highest BCUT2D eigenvalue weighted by Crippen LogP contribution is 2.29. The Morgan fingerprint density at radius 1 is 1.32 bits per heavy atom. The fourth-order valence-corrected chi connectivity index (χ4v) is 4.79. The van der Waals surface area contributed by atoms with Crippen LogP contribution >= 0.6 is 11.3 Å². The van der Waals surface area contributed by atoms with Crippen LogP contribution in [0.2, 0.25) is 0 Å². The van der Waals surface area contributed by atoms with Crippen LogP contribution in [-0.2, 0) is 11.3 Å². The Morgan fingerprint density at radius 2 is 2.11 bits per heavy atom. The zero-order valence-corrected chi connectivity index (χ0v) is 17.0. The van der Waals surface area contributed by atoms with Crippen LogP contribution in [0.3, 0.4) is 0 Å². The maximum absolute atomic E-state index is 12.7. The summed E-state index contributed by atoms with van der Waals surface area (Å²) in [5.74, 6) is 0.301. The number of rotatable bonds is 6. The van der Waals surface area contributed by atoms with Crippen molar-refractivity contribution in [1.29, 1.82) is 0 Å². The van der Waals surface area contributed by atoms with E-state index in [4.69, 9.17) is 0 Å². The SMILES string of the molecule is CCN1CC(CNC(=O)c2cc3c(C)nn(Cc4ccccc4)c3s2)CC1=O. The van der Waals surface area contributed by atoms with Gasteiger partial charge in [-0.1, -0.05) is 30.3 Å². The van der Waals surface area contributed by atoms with Crippen molar-refractivity contribution in [3.05, 3.63) is 52.5 Å². The van der Waals surface area contributed by atoms with Crippen LogP contribution in [0.15, 0.2) is 36.4 Å². The monoisotopic (exact) mass is 396 g/mol. The molecule has 1 aliphatic heterocycles. The topological polar surface area (TPSA) is 67.2 Å². The van der Waals surface area contributed by atoms with E-state index >= 15 is 0 Å². The summed E-state index contributed by atoms with van der Waals surface area (Å²) in [6.07, 6.45) is 0.520. The number of thiophene rings is 1. The number of benzene rings is 1. The van der Waals surface area contributed by atoms with Gasteiger partial charge in [0.1, 0.15) is 4.83 Å². The normalized spacial score (nSPS) is 16.9. The highest BCUT2D eigenvalue weighted by molar-refractivity contribution is 7.20. The van der Waals surface area contributed by atoms with Crippen molar-refractivity contribution < 1.29 is 9.59 Å². The molecule has 0 aliphatic carbocycles. The summed E-state index contributed by atoms with van der Waals surface area (Å²) in [4.78, 5) is 28.0. The van der Waals surface area contributed by atoms with Gasteiger partial charge in [-0.3, -0.25) is 14.3 Å². The smallest absolute Gasteiger partial charge is 0.261 e. The van der Waals surface area contributed by atoms with E-state index in [1.165, 1.54) is 16.9 Å². The van der Waals surface area contributed by atoms with Gasteiger partial charge in [0.25, 0.3) is 5.91 Å². The molecule has 2 amide bonds. The van der Waals surface area contributed by atoms with E-state index in [0.717, 1.165) is 29.0 Å². The Kier molecular flexibility index (Phi) is 5.17. The number of amides is 2. The van der Waals surface area contributed by atoms with Gasteiger partial charge in [0.2, 0.25) is 5.91 Å². The van der Waals surface area contributed by atoms with Crippen LogP contribution in [-0.4, -0.2) is 46.1 Å². The number of aromatic nitrogens is 2. The third-order valence-electron chi connectivity index (χ3n) is 5.23. The molecule has 1 aromatic carbocycles. The van der Waals surface area contributed by atoms with Crippen LogP contribution in [0.25, 0.3) is 10.2 Å². The highest BCUT2D eigenvalue weighted by atomic mass is 32.1. The zero-order valence-electron chi connectivity index (χ0n) is 16.1. The molecule has 7 heteroatoms. The lowest BCUT2D eigenvalue weighted by Crippen LogP contribution is -2.30. The molecule has 1 atom stereocenters. The van der Waals surface area contributed by atoms with E-state index in [0.29, 0.717) is 24.4 Å². The molecule has 1 aliphatic rings. The second kappa shape index (κ2) is 7.75. The van der Waals surface area contributed by atoms with Crippen molar-refractivity contribution in [1.82, 2.24) is 20.0 Å². The number of aryl methyl sites for hydroxylation is 1. The molecule has 1 saturated heterocycles. The van der Waals surface area contributed by atoms with Gasteiger partial charge in [0.05, 0.1) is 17.1 Å². The second-order valence-corrected chi connectivity index (χ2v) is 8.30. The maximum Gasteiger partial charge on any atom is 0.261 e. The predicted molar refractivity (Wildman–Crippen MR) is 111 cm³/mol. The minimum atomic E-state index is -0.0748. The van der Waals surface area contributed by atoms with E-state index < -0.39 is 0 Å². The van der Waals surface area contributed by atoms with Crippen LogP contribution in [0.5, 0.6) is 0 Å². The summed E-state index contributed by atoms with van der Waals surface area (Å²) in [5.41, 5.74) is 2.11. The molecule has 28 heavy (non-hydrogen) atoms. The lowest BCUT2D eigenvalue weighted by atomic mass is 10.1. The van der Waals surface area contributed by atoms with Crippen molar-refractivity contribution in [2.45, 2.75) is 26.8 Å². The second-order valence-electron chi connectivity index (χ2n) is 7.27. The molecule has 3 heterocycles. The molecule has 4 rings (SSSR count). The third-order valence-corrected chi connectivity index (χ3v) is 6.38. The molecule has 6 nitrogen and oxygen atoms in total. The molecule has 0 bridgehead atoms. The number of nitrogens with one attached hydrogen (secondary N) is 1. The Bertz CT molecular complexity index is 1010. The number of nitrogens with zero attached hydrogens (tertiary/aromatic N) is 3. The van der Waals surface area contributed by atoms with Gasteiger partial charge in [-0.05, 0) is 25.5 Å². The van der Waals surface area contributed by atoms with Crippen LogP contribution in [0.4, 0.5) is 0 Å². The van der Waals surface area contributed by atoms with Gasteiger partial charge >= 0.3 is 0 Å². The minimum Gasteiger partial charge on any atom is -0.351 e. The maximum atomic E-state index is 12.7. The molecule has 3 aromatic rings. The molecule has 2 aromatic heterocycles. The van der Waals surface area contributed by atoms with E-state index in [-0.39, 0.29) is 17.7 Å². The van der Waals surface area contributed by atoms with Crippen molar-refractivity contribution in [2.75, 3.05) is 19.6 Å². The number of hydrogen-bond donors (Lipinski definition) is 1. The van der Waals surface area contributed by atoms with Crippen LogP contribution < -0.4 is 5.32 Å². The lowest BCUT2D eigenvalue weighted by molar-refractivity contribution is -0.127. The standard InChI is InChI=1S/C21H24N4O2S/c1-3-24-12-16(9-19(24)26)11-22-20(27)18-10-17-14(2)23-25(21(17)28-18)13-15-7-5-4-6-8-15/h4-8,10,16H,3,9,11-13H2,1-2H3,(H,22,27). The molecule has 1 unspecified atom stereocenters. The van der Waals surface area contributed by atoms with Gasteiger partial charge in [0.15, 0.2) is 0 Å². The largest absolute Gasteiger partial charge is 0.351 e. The summed E-state index contributed by atoms with van der Waals surface area (Å²) in [6.45, 7) is 6.64. The molecule has 0 spiro atoms. The Morgan fingerprint density at radius 3 is 2.82 bits per heavy atom. The van der Waals surface area contributed by atoms with Crippen molar-refractivity contribution >= 4 is 33.4 Å². The molecular formula is C21H24N4O2S. The summed E-state index contributed by atoms with van der Waals surface area (Å²) < 4.78 is 1.97. The lowest BCUT2D eigenvalue weighted by Gasteiger charge is -2.13. The fourth-order valence-electron chi connectivity index (χ4n) is 3.71. The van der Waals surface area contributed by atoms with Gasteiger partial charge < -0.3 is 10.2 Å². The first-order valence-corrected chi connectivity index (χ1v) is 10.4. The first-order chi connectivity index (χ1) is 13.5. The van der Waals surface area contributed by atoms with Crippen molar-refractivity contribution in [3.8, 4) is 0 Å². The average molecular weight is 397 g/mol. The molecule has 146 valence electrons. The number of carbonyl (C=O) groups excluding carboxylic acids is 2. The number of carbonyl (C=O) groups is 2. The average Bonchev–Trinajstić information content (AvgIpc) is 3.36. The first kappa shape index (κ1) is 18.7. The van der Waals surface area contributed by atoms with Crippen molar-refractivity contribution in [2.24, 2.45) is 5.92 Å². The Hall–Kier alpha value is -2.67. The predicted octanol–water partition coefficient (Wildman–Crippen LogP) is 3.05. The minimum absolute atomic E-state index is 0.0748. The van der Waals surface area contributed by atoms with E-state index in [9.17, 15) is 9.59 Å². The molecule has 1 N–H and O–H groups in total. The van der Waals surface area contributed by atoms with E-state index in [1.54, 1.807) is 0 Å². The van der Waals surface area contributed by atoms with Gasteiger partial charge in [-0.25, -0.2) is 0 Å². The Balaban J connectivity index is 1.46. The van der Waals surface area contributed by atoms with Gasteiger partial charge in [-0.2, -0.15) is 5.10 Å². The first-order valence-electron chi connectivity index (χ1n) is 9.62.